The first-order chi connectivity index (χ1) is 16.0. The number of carbonyl (C=O) groups excluding carboxylic acids is 2. The summed E-state index contributed by atoms with van der Waals surface area (Å²) in [5.41, 5.74) is 0.437. The van der Waals surface area contributed by atoms with E-state index >= 15 is 0 Å². The number of nitrogens with one attached hydrogen (secondary N) is 1. The first-order valence-electron chi connectivity index (χ1n) is 9.62. The van der Waals surface area contributed by atoms with E-state index in [2.05, 4.69) is 20.8 Å². The van der Waals surface area contributed by atoms with Gasteiger partial charge in [0.25, 0.3) is 11.8 Å². The molecule has 2 amide bonds. The Bertz CT molecular complexity index is 1150. The Labute approximate surface area is 195 Å². The van der Waals surface area contributed by atoms with Gasteiger partial charge >= 0.3 is 5.97 Å². The molecule has 0 aliphatic carbocycles. The van der Waals surface area contributed by atoms with E-state index in [1.807, 2.05) is 12.1 Å². The third kappa shape index (κ3) is 4.78. The van der Waals surface area contributed by atoms with Gasteiger partial charge in [0.1, 0.15) is 29.4 Å². The topological polar surface area (TPSA) is 163 Å². The van der Waals surface area contributed by atoms with E-state index in [0.717, 1.165) is 0 Å². The van der Waals surface area contributed by atoms with E-state index in [-0.39, 0.29) is 24.6 Å². The number of carboxylic acid groups (broad SMARTS) is 1. The number of carboxylic acids is 1. The minimum absolute atomic E-state index is 0.0308. The highest BCUT2D eigenvalue weighted by molar-refractivity contribution is 8.01. The molecule has 1 unspecified atom stereocenters. The number of hydrogen-bond acceptors (Lipinski definition) is 10. The summed E-state index contributed by atoms with van der Waals surface area (Å²) in [6.45, 7) is -0.289. The largest absolute Gasteiger partial charge is 0.484 e. The molecule has 170 valence electrons. The summed E-state index contributed by atoms with van der Waals surface area (Å²) in [4.78, 5) is 38.1. The fraction of sp³-hybridized carbons (Fsp3) is 0.316. The van der Waals surface area contributed by atoms with Crippen molar-refractivity contribution >= 4 is 41.3 Å². The monoisotopic (exact) mass is 487 g/mol. The van der Waals surface area contributed by atoms with Crippen molar-refractivity contribution in [2.45, 2.75) is 23.1 Å². The van der Waals surface area contributed by atoms with Crippen molar-refractivity contribution in [3.63, 3.8) is 0 Å². The molecule has 14 heteroatoms. The predicted octanol–water partition coefficient (Wildman–Crippen LogP) is 0.106. The van der Waals surface area contributed by atoms with Crippen molar-refractivity contribution in [2.24, 2.45) is 0 Å². The Morgan fingerprint density at radius 1 is 1.36 bits per heavy atom. The summed E-state index contributed by atoms with van der Waals surface area (Å²) < 4.78 is 6.70. The van der Waals surface area contributed by atoms with E-state index in [1.165, 1.54) is 33.1 Å². The zero-order chi connectivity index (χ0) is 23.4. The fourth-order valence-corrected chi connectivity index (χ4v) is 5.65. The second-order valence-electron chi connectivity index (χ2n) is 6.88. The summed E-state index contributed by atoms with van der Waals surface area (Å²) in [7, 11) is 0. The molecule has 1 fully saturated rings. The number of aliphatic carboxylic acids is 1. The summed E-state index contributed by atoms with van der Waals surface area (Å²) in [5.74, 6) is -1.06. The molecule has 2 atom stereocenters. The van der Waals surface area contributed by atoms with Gasteiger partial charge in [0.2, 0.25) is 5.16 Å². The Hall–Kier alpha value is -3.57. The maximum atomic E-state index is 12.7. The number of hydrogen-bond donors (Lipinski definition) is 2. The number of amides is 2. The van der Waals surface area contributed by atoms with Crippen molar-refractivity contribution in [1.82, 2.24) is 30.4 Å². The Morgan fingerprint density at radius 2 is 2.15 bits per heavy atom. The second kappa shape index (κ2) is 9.92. The second-order valence-corrected chi connectivity index (χ2v) is 8.93. The standard InChI is InChI=1S/C19H17N7O5S2/c20-6-7-25-19(22-23-24-25)33-10-11-9-32-17-14(16(28)26(17)15(11)18(29)30)21-13(27)8-31-12-4-2-1-3-5-12/h1-5,14,17H,7-10H2,(H,21,27)(H,29,30)/t14?,17-/m0/s1. The Kier molecular flexibility index (Phi) is 6.80. The van der Waals surface area contributed by atoms with Gasteiger partial charge in [0.15, 0.2) is 6.61 Å². The molecule has 2 aliphatic rings. The molecule has 0 radical (unpaired) electrons. The number of ether oxygens (including phenoxy) is 1. The number of rotatable bonds is 9. The lowest BCUT2D eigenvalue weighted by Crippen LogP contribution is -2.70. The van der Waals surface area contributed by atoms with Gasteiger partial charge in [-0.2, -0.15) is 5.26 Å². The number of β-lactam (4-membered cyclic amide) rings is 1. The third-order valence-electron chi connectivity index (χ3n) is 4.77. The Morgan fingerprint density at radius 3 is 2.88 bits per heavy atom. The molecule has 33 heavy (non-hydrogen) atoms. The van der Waals surface area contributed by atoms with Crippen LogP contribution in [0.4, 0.5) is 0 Å². The molecule has 0 saturated carbocycles. The molecule has 12 nitrogen and oxygen atoms in total. The number of fused-ring (bicyclic) bond motifs is 1. The Balaban J connectivity index is 1.39. The molecule has 4 rings (SSSR count). The smallest absolute Gasteiger partial charge is 0.352 e. The van der Waals surface area contributed by atoms with Gasteiger partial charge in [0, 0.05) is 11.5 Å². The van der Waals surface area contributed by atoms with E-state index in [0.29, 0.717) is 22.2 Å². The highest BCUT2D eigenvalue weighted by Crippen LogP contribution is 2.41. The predicted molar refractivity (Wildman–Crippen MR) is 116 cm³/mol. The molecule has 2 N–H and O–H groups in total. The molecule has 1 saturated heterocycles. The quantitative estimate of drug-likeness (QED) is 0.364. The van der Waals surface area contributed by atoms with E-state index in [9.17, 15) is 19.5 Å². The summed E-state index contributed by atoms with van der Waals surface area (Å²) >= 11 is 2.55. The van der Waals surface area contributed by atoms with Crippen LogP contribution in [0.1, 0.15) is 0 Å². The van der Waals surface area contributed by atoms with Gasteiger partial charge in [-0.1, -0.05) is 30.0 Å². The van der Waals surface area contributed by atoms with Crippen LogP contribution in [-0.4, -0.2) is 77.5 Å². The molecule has 2 aliphatic heterocycles. The van der Waals surface area contributed by atoms with Crippen LogP contribution in [0, 0.1) is 11.3 Å². The van der Waals surface area contributed by atoms with Crippen molar-refractivity contribution < 1.29 is 24.2 Å². The average Bonchev–Trinajstić information content (AvgIpc) is 3.27. The average molecular weight is 488 g/mol. The van der Waals surface area contributed by atoms with Crippen LogP contribution in [0.2, 0.25) is 0 Å². The number of para-hydroxylation sites is 1. The highest BCUT2D eigenvalue weighted by atomic mass is 32.2. The number of aromatic nitrogens is 4. The van der Waals surface area contributed by atoms with E-state index in [1.54, 1.807) is 24.3 Å². The van der Waals surface area contributed by atoms with E-state index in [4.69, 9.17) is 10.00 Å². The minimum atomic E-state index is -1.22. The number of benzene rings is 1. The number of nitrogens with zero attached hydrogens (tertiary/aromatic N) is 6. The van der Waals surface area contributed by atoms with Gasteiger partial charge < -0.3 is 15.2 Å². The van der Waals surface area contributed by atoms with Gasteiger partial charge in [-0.25, -0.2) is 9.48 Å². The van der Waals surface area contributed by atoms with Gasteiger partial charge in [-0.05, 0) is 28.1 Å². The molecular formula is C19H17N7O5S2. The number of thioether (sulfide) groups is 2. The first kappa shape index (κ1) is 22.6. The normalized spacial score (nSPS) is 19.4. The lowest BCUT2D eigenvalue weighted by Gasteiger charge is -2.49. The minimum Gasteiger partial charge on any atom is -0.484 e. The fourth-order valence-electron chi connectivity index (χ4n) is 3.29. The zero-order valence-electron chi connectivity index (χ0n) is 16.9. The van der Waals surface area contributed by atoms with Crippen LogP contribution in [0.25, 0.3) is 0 Å². The van der Waals surface area contributed by atoms with Gasteiger partial charge in [0.05, 0.1) is 6.07 Å². The van der Waals surface area contributed by atoms with Crippen LogP contribution in [0.3, 0.4) is 0 Å². The summed E-state index contributed by atoms with van der Waals surface area (Å²) in [6.07, 6.45) is 0. The first-order valence-corrected chi connectivity index (χ1v) is 11.7. The van der Waals surface area contributed by atoms with Crippen molar-refractivity contribution in [1.29, 1.82) is 5.26 Å². The maximum absolute atomic E-state index is 12.7. The molecule has 1 aromatic carbocycles. The summed E-state index contributed by atoms with van der Waals surface area (Å²) in [5, 5.41) is 32.1. The van der Waals surface area contributed by atoms with Gasteiger partial charge in [-0.15, -0.1) is 16.9 Å². The number of tetrazole rings is 1. The lowest BCUT2D eigenvalue weighted by molar-refractivity contribution is -0.150. The van der Waals surface area contributed by atoms with Crippen LogP contribution in [0.15, 0.2) is 46.8 Å². The maximum Gasteiger partial charge on any atom is 0.352 e. The number of nitriles is 1. The molecule has 1 aromatic heterocycles. The van der Waals surface area contributed by atoms with Gasteiger partial charge in [-0.3, -0.25) is 14.5 Å². The van der Waals surface area contributed by atoms with Crippen LogP contribution >= 0.6 is 23.5 Å². The van der Waals surface area contributed by atoms with Crippen LogP contribution in [-0.2, 0) is 20.9 Å². The molecular weight excluding hydrogens is 470 g/mol. The summed E-state index contributed by atoms with van der Waals surface area (Å²) in [6, 6.07) is 9.92. The highest BCUT2D eigenvalue weighted by Gasteiger charge is 2.54. The van der Waals surface area contributed by atoms with E-state index < -0.39 is 29.2 Å². The third-order valence-corrected chi connectivity index (χ3v) is 7.16. The molecule has 3 heterocycles. The number of carbonyl (C=O) groups is 3. The zero-order valence-corrected chi connectivity index (χ0v) is 18.6. The molecule has 0 spiro atoms. The molecule has 0 bridgehead atoms. The van der Waals surface area contributed by atoms with Crippen molar-refractivity contribution in [2.75, 3.05) is 18.1 Å². The van der Waals surface area contributed by atoms with Crippen molar-refractivity contribution in [3.8, 4) is 11.8 Å². The van der Waals surface area contributed by atoms with Crippen LogP contribution in [0.5, 0.6) is 5.75 Å². The van der Waals surface area contributed by atoms with Crippen molar-refractivity contribution in [3.05, 3.63) is 41.6 Å². The molecule has 2 aromatic rings. The van der Waals surface area contributed by atoms with Crippen LogP contribution < -0.4 is 10.1 Å². The lowest BCUT2D eigenvalue weighted by atomic mass is 10.0. The SMILES string of the molecule is N#CCn1nnnc1SCC1=C(C(=O)O)N2C(=O)C(NC(=O)COc3ccccc3)[C@@H]2SC1.